The van der Waals surface area contributed by atoms with E-state index < -0.39 is 0 Å². The molecule has 0 aromatic rings. The maximum absolute atomic E-state index is 12.3. The van der Waals surface area contributed by atoms with E-state index in [9.17, 15) is 4.79 Å². The van der Waals surface area contributed by atoms with Crippen LogP contribution in [-0.4, -0.2) is 18.9 Å². The van der Waals surface area contributed by atoms with Crippen LogP contribution in [0.3, 0.4) is 0 Å². The highest BCUT2D eigenvalue weighted by Gasteiger charge is 2.35. The van der Waals surface area contributed by atoms with E-state index in [0.29, 0.717) is 6.54 Å². The Bertz CT molecular complexity index is 246. The summed E-state index contributed by atoms with van der Waals surface area (Å²) in [7, 11) is 0. The van der Waals surface area contributed by atoms with E-state index in [-0.39, 0.29) is 11.2 Å². The van der Waals surface area contributed by atoms with Gasteiger partial charge in [0, 0.05) is 17.5 Å². The lowest BCUT2D eigenvalue weighted by Crippen LogP contribution is -2.39. The Morgan fingerprint density at radius 3 is 2.60 bits per heavy atom. The zero-order valence-corrected chi connectivity index (χ0v) is 9.71. The van der Waals surface area contributed by atoms with Crippen molar-refractivity contribution in [1.29, 1.82) is 0 Å². The summed E-state index contributed by atoms with van der Waals surface area (Å²) < 4.78 is 5.21. The quantitative estimate of drug-likeness (QED) is 0.757. The molecule has 0 unspecified atom stereocenters. The molecule has 1 aliphatic heterocycles. The number of carbonyl (C=O) groups is 1. The van der Waals surface area contributed by atoms with E-state index in [1.807, 2.05) is 13.8 Å². The van der Waals surface area contributed by atoms with Crippen LogP contribution in [0.5, 0.6) is 0 Å². The Balaban J connectivity index is 2.84. The van der Waals surface area contributed by atoms with Crippen molar-refractivity contribution in [3.8, 4) is 0 Å². The van der Waals surface area contributed by atoms with Gasteiger partial charge >= 0.3 is 0 Å². The molecule has 0 bridgehead atoms. The molecule has 0 amide bonds. The molecule has 2 N–H and O–H groups in total. The average Bonchev–Trinajstić information content (AvgIpc) is 2.33. The van der Waals surface area contributed by atoms with E-state index in [4.69, 9.17) is 10.5 Å². The molecule has 3 nitrogen and oxygen atoms in total. The van der Waals surface area contributed by atoms with Gasteiger partial charge in [-0.05, 0) is 25.7 Å². The average molecular weight is 211 g/mol. The SMILES string of the molecule is CCC(CC)(CN)C(=O)C1=COCCC1. The molecule has 0 aromatic carbocycles. The molecule has 0 atom stereocenters. The number of allylic oxidation sites excluding steroid dienone is 1. The third kappa shape index (κ3) is 2.40. The second-order valence-corrected chi connectivity index (χ2v) is 4.14. The molecule has 3 heteroatoms. The Morgan fingerprint density at radius 1 is 1.53 bits per heavy atom. The highest BCUT2D eigenvalue weighted by Crippen LogP contribution is 2.31. The highest BCUT2D eigenvalue weighted by molar-refractivity contribution is 5.99. The second-order valence-electron chi connectivity index (χ2n) is 4.14. The summed E-state index contributed by atoms with van der Waals surface area (Å²) in [5, 5.41) is 0. The van der Waals surface area contributed by atoms with Gasteiger partial charge in [-0.25, -0.2) is 0 Å². The molecule has 0 aliphatic carbocycles. The third-order valence-corrected chi connectivity index (χ3v) is 3.45. The van der Waals surface area contributed by atoms with Gasteiger partial charge in [0.1, 0.15) is 0 Å². The minimum Gasteiger partial charge on any atom is -0.501 e. The lowest BCUT2D eigenvalue weighted by molar-refractivity contribution is -0.125. The largest absolute Gasteiger partial charge is 0.501 e. The standard InChI is InChI=1S/C12H21NO2/c1-3-12(4-2,9-13)11(14)10-6-5-7-15-8-10/h8H,3-7,9,13H2,1-2H3. The minimum absolute atomic E-state index is 0.190. The van der Waals surface area contributed by atoms with Crippen molar-refractivity contribution in [2.45, 2.75) is 39.5 Å². The summed E-state index contributed by atoms with van der Waals surface area (Å²) >= 11 is 0. The molecule has 1 rings (SSSR count). The molecule has 15 heavy (non-hydrogen) atoms. The van der Waals surface area contributed by atoms with Gasteiger partial charge in [-0.2, -0.15) is 0 Å². The molecule has 0 fully saturated rings. The lowest BCUT2D eigenvalue weighted by Gasteiger charge is -2.30. The minimum atomic E-state index is -0.369. The first-order chi connectivity index (χ1) is 7.20. The van der Waals surface area contributed by atoms with Gasteiger partial charge in [0.15, 0.2) is 5.78 Å². The molecular weight excluding hydrogens is 190 g/mol. The van der Waals surface area contributed by atoms with Crippen molar-refractivity contribution < 1.29 is 9.53 Å². The van der Waals surface area contributed by atoms with Crippen LogP contribution >= 0.6 is 0 Å². The number of rotatable bonds is 5. The number of ether oxygens (including phenoxy) is 1. The summed E-state index contributed by atoms with van der Waals surface area (Å²) in [6.07, 6.45) is 5.00. The normalized spacial score (nSPS) is 16.9. The number of Topliss-reactive ketones (excluding diaryl/α,β-unsaturated/α-hetero) is 1. The van der Waals surface area contributed by atoms with Gasteiger partial charge < -0.3 is 10.5 Å². The number of hydrogen-bond donors (Lipinski definition) is 1. The lowest BCUT2D eigenvalue weighted by atomic mass is 9.75. The number of nitrogens with two attached hydrogens (primary N) is 1. The van der Waals surface area contributed by atoms with Crippen molar-refractivity contribution in [2.75, 3.05) is 13.2 Å². The first-order valence-corrected chi connectivity index (χ1v) is 5.75. The van der Waals surface area contributed by atoms with Crippen molar-refractivity contribution in [1.82, 2.24) is 0 Å². The Labute approximate surface area is 91.7 Å². The third-order valence-electron chi connectivity index (χ3n) is 3.45. The Kier molecular flexibility index (Phi) is 4.33. The Hall–Kier alpha value is -0.830. The summed E-state index contributed by atoms with van der Waals surface area (Å²) in [4.78, 5) is 12.3. The summed E-state index contributed by atoms with van der Waals surface area (Å²) in [6.45, 7) is 5.21. The van der Waals surface area contributed by atoms with Crippen LogP contribution < -0.4 is 5.73 Å². The number of carbonyl (C=O) groups excluding carboxylic acids is 1. The van der Waals surface area contributed by atoms with Crippen LogP contribution in [0.4, 0.5) is 0 Å². The van der Waals surface area contributed by atoms with Crippen molar-refractivity contribution in [3.05, 3.63) is 11.8 Å². The van der Waals surface area contributed by atoms with Gasteiger partial charge in [0.05, 0.1) is 12.9 Å². The maximum atomic E-state index is 12.3. The summed E-state index contributed by atoms with van der Waals surface area (Å²) in [5.41, 5.74) is 6.19. The molecule has 0 radical (unpaired) electrons. The molecule has 1 aliphatic rings. The van der Waals surface area contributed by atoms with E-state index in [0.717, 1.165) is 37.9 Å². The molecular formula is C12H21NO2. The van der Waals surface area contributed by atoms with Gasteiger partial charge in [0.2, 0.25) is 0 Å². The van der Waals surface area contributed by atoms with E-state index >= 15 is 0 Å². The predicted molar refractivity (Wildman–Crippen MR) is 60.3 cm³/mol. The predicted octanol–water partition coefficient (Wildman–Crippen LogP) is 2.01. The van der Waals surface area contributed by atoms with Crippen molar-refractivity contribution in [2.24, 2.45) is 11.1 Å². The Morgan fingerprint density at radius 2 is 2.20 bits per heavy atom. The molecule has 1 heterocycles. The van der Waals surface area contributed by atoms with Crippen LogP contribution in [0.1, 0.15) is 39.5 Å². The fourth-order valence-corrected chi connectivity index (χ4v) is 2.02. The van der Waals surface area contributed by atoms with Crippen molar-refractivity contribution >= 4 is 5.78 Å². The fourth-order valence-electron chi connectivity index (χ4n) is 2.02. The van der Waals surface area contributed by atoms with Crippen LogP contribution in [0.15, 0.2) is 11.8 Å². The molecule has 0 saturated heterocycles. The van der Waals surface area contributed by atoms with Crippen molar-refractivity contribution in [3.63, 3.8) is 0 Å². The van der Waals surface area contributed by atoms with E-state index in [1.54, 1.807) is 6.26 Å². The smallest absolute Gasteiger partial charge is 0.169 e. The second kappa shape index (κ2) is 5.31. The summed E-state index contributed by atoms with van der Waals surface area (Å²) in [6, 6.07) is 0. The number of hydrogen-bond acceptors (Lipinski definition) is 3. The molecule has 0 aromatic heterocycles. The first-order valence-electron chi connectivity index (χ1n) is 5.75. The highest BCUT2D eigenvalue weighted by atomic mass is 16.5. The van der Waals surface area contributed by atoms with Crippen LogP contribution in [0, 0.1) is 5.41 Å². The maximum Gasteiger partial charge on any atom is 0.169 e. The molecule has 0 saturated carbocycles. The van der Waals surface area contributed by atoms with Gasteiger partial charge in [-0.1, -0.05) is 13.8 Å². The number of ketones is 1. The van der Waals surface area contributed by atoms with E-state index in [1.165, 1.54) is 0 Å². The zero-order valence-electron chi connectivity index (χ0n) is 9.71. The monoisotopic (exact) mass is 211 g/mol. The van der Waals surface area contributed by atoms with Gasteiger partial charge in [0.25, 0.3) is 0 Å². The van der Waals surface area contributed by atoms with Crippen LogP contribution in [0.25, 0.3) is 0 Å². The van der Waals surface area contributed by atoms with Crippen LogP contribution in [-0.2, 0) is 9.53 Å². The van der Waals surface area contributed by atoms with Gasteiger partial charge in [-0.3, -0.25) is 4.79 Å². The molecule has 86 valence electrons. The fraction of sp³-hybridized carbons (Fsp3) is 0.750. The van der Waals surface area contributed by atoms with Gasteiger partial charge in [-0.15, -0.1) is 0 Å². The first kappa shape index (κ1) is 12.2. The van der Waals surface area contributed by atoms with Crippen LogP contribution in [0.2, 0.25) is 0 Å². The van der Waals surface area contributed by atoms with E-state index in [2.05, 4.69) is 0 Å². The summed E-state index contributed by atoms with van der Waals surface area (Å²) in [5.74, 6) is 0.190. The zero-order chi connectivity index (χ0) is 11.3. The topological polar surface area (TPSA) is 52.3 Å². The molecule has 0 spiro atoms.